The van der Waals surface area contributed by atoms with Crippen LogP contribution in [0.1, 0.15) is 31.2 Å². The summed E-state index contributed by atoms with van der Waals surface area (Å²) in [4.78, 5) is 1.52. The Morgan fingerprint density at radius 1 is 1.25 bits per heavy atom. The Balaban J connectivity index is 1.41. The van der Waals surface area contributed by atoms with E-state index in [0.29, 0.717) is 0 Å². The van der Waals surface area contributed by atoms with Crippen LogP contribution in [-0.4, -0.2) is 17.8 Å². The molecule has 0 saturated heterocycles. The molecule has 1 aliphatic carbocycles. The van der Waals surface area contributed by atoms with Crippen LogP contribution in [0.5, 0.6) is 0 Å². The Hall–Kier alpha value is -0.470. The van der Waals surface area contributed by atoms with E-state index in [1.165, 1.54) is 43.5 Å². The van der Waals surface area contributed by atoms with Crippen LogP contribution in [0.15, 0.2) is 29.2 Å². The van der Waals surface area contributed by atoms with Gasteiger partial charge in [0.15, 0.2) is 0 Å². The number of benzene rings is 1. The van der Waals surface area contributed by atoms with Crippen molar-refractivity contribution in [3.63, 3.8) is 0 Å². The number of fused-ring (bicyclic) bond motifs is 1. The Labute approximate surface area is 102 Å². The SMILES string of the molecule is c1ccc2c(c1)CC(CCCNC1CC1)S2. The molecule has 2 aliphatic rings. The summed E-state index contributed by atoms with van der Waals surface area (Å²) in [6.45, 7) is 1.22. The molecule has 0 spiro atoms. The highest BCUT2D eigenvalue weighted by Gasteiger charge is 2.22. The lowest BCUT2D eigenvalue weighted by Crippen LogP contribution is -2.18. The first kappa shape index (κ1) is 10.7. The Morgan fingerprint density at radius 3 is 2.94 bits per heavy atom. The topological polar surface area (TPSA) is 12.0 Å². The molecule has 1 N–H and O–H groups in total. The van der Waals surface area contributed by atoms with Crippen LogP contribution in [0, 0.1) is 0 Å². The molecule has 0 aromatic heterocycles. The summed E-state index contributed by atoms with van der Waals surface area (Å²) in [6.07, 6.45) is 6.79. The van der Waals surface area contributed by atoms with Crippen LogP contribution in [-0.2, 0) is 6.42 Å². The Kier molecular flexibility index (Phi) is 3.20. The lowest BCUT2D eigenvalue weighted by Gasteiger charge is -2.08. The molecule has 0 bridgehead atoms. The summed E-state index contributed by atoms with van der Waals surface area (Å²) in [6, 6.07) is 9.74. The van der Waals surface area contributed by atoms with Crippen molar-refractivity contribution in [1.29, 1.82) is 0 Å². The zero-order chi connectivity index (χ0) is 10.8. The second-order valence-electron chi connectivity index (χ2n) is 4.92. The predicted octanol–water partition coefficient (Wildman–Crippen LogP) is 3.24. The zero-order valence-electron chi connectivity index (χ0n) is 9.61. The van der Waals surface area contributed by atoms with Gasteiger partial charge in [0.25, 0.3) is 0 Å². The molecule has 2 heteroatoms. The van der Waals surface area contributed by atoms with E-state index in [4.69, 9.17) is 0 Å². The molecule has 1 fully saturated rings. The van der Waals surface area contributed by atoms with Gasteiger partial charge in [0, 0.05) is 16.2 Å². The quantitative estimate of drug-likeness (QED) is 0.784. The smallest absolute Gasteiger partial charge is 0.0136 e. The van der Waals surface area contributed by atoms with Gasteiger partial charge in [-0.05, 0) is 50.3 Å². The van der Waals surface area contributed by atoms with Crippen molar-refractivity contribution in [2.75, 3.05) is 6.54 Å². The Morgan fingerprint density at radius 2 is 2.12 bits per heavy atom. The summed E-state index contributed by atoms with van der Waals surface area (Å²) in [5.74, 6) is 0. The standard InChI is InChI=1S/C14H19NS/c1-2-6-14-11(4-1)10-13(16-14)5-3-9-15-12-7-8-12/h1-2,4,6,12-13,15H,3,5,7-10H2. The molecule has 0 amide bonds. The number of nitrogens with one attached hydrogen (secondary N) is 1. The summed E-state index contributed by atoms with van der Waals surface area (Å²) < 4.78 is 0. The van der Waals surface area contributed by atoms with E-state index in [-0.39, 0.29) is 0 Å². The van der Waals surface area contributed by atoms with Crippen molar-refractivity contribution in [3.8, 4) is 0 Å². The second-order valence-corrected chi connectivity index (χ2v) is 6.26. The number of thioether (sulfide) groups is 1. The molecule has 1 aromatic carbocycles. The second kappa shape index (κ2) is 4.80. The van der Waals surface area contributed by atoms with E-state index in [1.54, 1.807) is 5.56 Å². The van der Waals surface area contributed by atoms with Gasteiger partial charge in [-0.1, -0.05) is 18.2 Å². The molecule has 16 heavy (non-hydrogen) atoms. The molecule has 1 heterocycles. The summed E-state index contributed by atoms with van der Waals surface area (Å²) in [5, 5.41) is 4.42. The first-order chi connectivity index (χ1) is 7.92. The largest absolute Gasteiger partial charge is 0.314 e. The minimum Gasteiger partial charge on any atom is -0.314 e. The highest BCUT2D eigenvalue weighted by Crippen LogP contribution is 2.38. The van der Waals surface area contributed by atoms with Gasteiger partial charge in [0.05, 0.1) is 0 Å². The van der Waals surface area contributed by atoms with Crippen molar-refractivity contribution in [2.45, 2.75) is 48.3 Å². The fourth-order valence-electron chi connectivity index (χ4n) is 2.34. The fraction of sp³-hybridized carbons (Fsp3) is 0.571. The fourth-order valence-corrected chi connectivity index (χ4v) is 3.70. The van der Waals surface area contributed by atoms with Gasteiger partial charge in [-0.25, -0.2) is 0 Å². The number of rotatable bonds is 5. The summed E-state index contributed by atoms with van der Waals surface area (Å²) in [5.41, 5.74) is 1.56. The lowest BCUT2D eigenvalue weighted by atomic mass is 10.1. The molecule has 0 radical (unpaired) electrons. The minimum absolute atomic E-state index is 0.832. The average molecular weight is 233 g/mol. The van der Waals surface area contributed by atoms with Gasteiger partial charge in [-0.3, -0.25) is 0 Å². The molecule has 1 aliphatic heterocycles. The number of hydrogen-bond acceptors (Lipinski definition) is 2. The lowest BCUT2D eigenvalue weighted by molar-refractivity contribution is 0.609. The molecule has 1 atom stereocenters. The van der Waals surface area contributed by atoms with E-state index in [1.807, 2.05) is 0 Å². The van der Waals surface area contributed by atoms with Crippen molar-refractivity contribution < 1.29 is 0 Å². The van der Waals surface area contributed by atoms with E-state index in [9.17, 15) is 0 Å². The third-order valence-electron chi connectivity index (χ3n) is 3.43. The van der Waals surface area contributed by atoms with Crippen LogP contribution in [0.3, 0.4) is 0 Å². The van der Waals surface area contributed by atoms with E-state index >= 15 is 0 Å². The first-order valence-corrected chi connectivity index (χ1v) is 7.28. The maximum atomic E-state index is 3.59. The first-order valence-electron chi connectivity index (χ1n) is 6.40. The third-order valence-corrected chi connectivity index (χ3v) is 4.81. The maximum absolute atomic E-state index is 3.59. The van der Waals surface area contributed by atoms with Crippen molar-refractivity contribution in [3.05, 3.63) is 29.8 Å². The molecule has 1 aromatic rings. The molecular weight excluding hydrogens is 214 g/mol. The van der Waals surface area contributed by atoms with Crippen molar-refractivity contribution in [2.24, 2.45) is 0 Å². The van der Waals surface area contributed by atoms with Gasteiger partial charge < -0.3 is 5.32 Å². The highest BCUT2D eigenvalue weighted by atomic mass is 32.2. The minimum atomic E-state index is 0.832. The van der Waals surface area contributed by atoms with Crippen LogP contribution in [0.4, 0.5) is 0 Å². The predicted molar refractivity (Wildman–Crippen MR) is 70.0 cm³/mol. The zero-order valence-corrected chi connectivity index (χ0v) is 10.4. The normalized spacial score (nSPS) is 23.4. The molecule has 86 valence electrons. The van der Waals surface area contributed by atoms with E-state index in [0.717, 1.165) is 11.3 Å². The van der Waals surface area contributed by atoms with Gasteiger partial charge in [-0.15, -0.1) is 11.8 Å². The van der Waals surface area contributed by atoms with Gasteiger partial charge in [0.2, 0.25) is 0 Å². The van der Waals surface area contributed by atoms with Crippen LogP contribution < -0.4 is 5.32 Å². The van der Waals surface area contributed by atoms with Gasteiger partial charge >= 0.3 is 0 Å². The highest BCUT2D eigenvalue weighted by molar-refractivity contribution is 8.00. The molecule has 3 rings (SSSR count). The number of hydrogen-bond donors (Lipinski definition) is 1. The monoisotopic (exact) mass is 233 g/mol. The van der Waals surface area contributed by atoms with Gasteiger partial charge in [-0.2, -0.15) is 0 Å². The average Bonchev–Trinajstić information content (AvgIpc) is 3.03. The van der Waals surface area contributed by atoms with Crippen molar-refractivity contribution in [1.82, 2.24) is 5.32 Å². The molecule has 1 nitrogen and oxygen atoms in total. The van der Waals surface area contributed by atoms with Crippen LogP contribution >= 0.6 is 11.8 Å². The maximum Gasteiger partial charge on any atom is 0.0136 e. The van der Waals surface area contributed by atoms with Gasteiger partial charge in [0.1, 0.15) is 0 Å². The van der Waals surface area contributed by atoms with Crippen molar-refractivity contribution >= 4 is 11.8 Å². The molecule has 1 unspecified atom stereocenters. The van der Waals surface area contributed by atoms with Crippen LogP contribution in [0.2, 0.25) is 0 Å². The van der Waals surface area contributed by atoms with E-state index in [2.05, 4.69) is 41.3 Å². The third kappa shape index (κ3) is 2.61. The summed E-state index contributed by atoms with van der Waals surface area (Å²) in [7, 11) is 0. The molecule has 1 saturated carbocycles. The summed E-state index contributed by atoms with van der Waals surface area (Å²) >= 11 is 2.08. The van der Waals surface area contributed by atoms with Crippen LogP contribution in [0.25, 0.3) is 0 Å². The Bertz CT molecular complexity index is 335. The molecular formula is C14H19NS. The van der Waals surface area contributed by atoms with E-state index < -0.39 is 0 Å².